The van der Waals surface area contributed by atoms with Gasteiger partial charge < -0.3 is 19.0 Å². The molecule has 2 fully saturated rings. The zero-order chi connectivity index (χ0) is 27.3. The van der Waals surface area contributed by atoms with Gasteiger partial charge in [0, 0.05) is 29.8 Å². The van der Waals surface area contributed by atoms with Crippen LogP contribution >= 0.6 is 0 Å². The van der Waals surface area contributed by atoms with Crippen molar-refractivity contribution in [3.8, 4) is 0 Å². The third kappa shape index (κ3) is 4.28. The number of aliphatic hydroxyl groups is 1. The molecule has 0 aliphatic heterocycles. The highest BCUT2D eigenvalue weighted by Gasteiger charge is 2.64. The summed E-state index contributed by atoms with van der Waals surface area (Å²) in [5, 5.41) is 12.1. The van der Waals surface area contributed by atoms with Gasteiger partial charge in [0.15, 0.2) is 0 Å². The third-order valence-corrected chi connectivity index (χ3v) is 17.3. The van der Waals surface area contributed by atoms with E-state index in [9.17, 15) is 5.11 Å². The van der Waals surface area contributed by atoms with E-state index in [1.54, 1.807) is 7.11 Å². The molecule has 5 heteroatoms. The SMILES string of the molecule is C=C[C@@]1(C)C[C@@H](O)C2(C)C3=C(O[Si](C(C)C)(C(C)C)C(C)C)CCC3(CCC2C)C(C)C1OCOC. The highest BCUT2D eigenvalue weighted by Crippen LogP contribution is 2.69. The molecule has 7 atom stereocenters. The average Bonchev–Trinajstić information content (AvgIpc) is 3.18. The van der Waals surface area contributed by atoms with Crippen LogP contribution in [0.3, 0.4) is 0 Å². The maximum absolute atomic E-state index is 12.1. The first kappa shape index (κ1) is 29.9. The van der Waals surface area contributed by atoms with Crippen molar-refractivity contribution in [2.45, 2.75) is 130 Å². The monoisotopic (exact) mass is 520 g/mol. The minimum absolute atomic E-state index is 0.0360. The van der Waals surface area contributed by atoms with Gasteiger partial charge in [-0.2, -0.15) is 0 Å². The molecule has 36 heavy (non-hydrogen) atoms. The molecule has 0 amide bonds. The molecular weight excluding hydrogens is 464 g/mol. The molecule has 0 heterocycles. The molecule has 0 aromatic heterocycles. The number of aliphatic hydroxyl groups excluding tert-OH is 1. The van der Waals surface area contributed by atoms with Gasteiger partial charge in [0.2, 0.25) is 0 Å². The Morgan fingerprint density at radius 2 is 1.64 bits per heavy atom. The molecule has 5 unspecified atom stereocenters. The average molecular weight is 521 g/mol. The van der Waals surface area contributed by atoms with E-state index < -0.39 is 14.4 Å². The summed E-state index contributed by atoms with van der Waals surface area (Å²) in [6.45, 7) is 28.0. The molecule has 3 aliphatic rings. The molecule has 0 aromatic carbocycles. The van der Waals surface area contributed by atoms with Crippen molar-refractivity contribution in [3.63, 3.8) is 0 Å². The van der Waals surface area contributed by atoms with Gasteiger partial charge in [-0.25, -0.2) is 0 Å². The Kier molecular flexibility index (Phi) is 8.73. The molecule has 3 aliphatic carbocycles. The van der Waals surface area contributed by atoms with Crippen LogP contribution in [0.2, 0.25) is 16.6 Å². The van der Waals surface area contributed by atoms with Crippen molar-refractivity contribution >= 4 is 8.32 Å². The van der Waals surface area contributed by atoms with Crippen LogP contribution in [0, 0.1) is 28.1 Å². The van der Waals surface area contributed by atoms with E-state index in [2.05, 4.69) is 75.8 Å². The van der Waals surface area contributed by atoms with Gasteiger partial charge in [0.05, 0.1) is 18.0 Å². The van der Waals surface area contributed by atoms with Crippen LogP contribution in [-0.4, -0.2) is 39.5 Å². The summed E-state index contributed by atoms with van der Waals surface area (Å²) in [5.74, 6) is 1.88. The van der Waals surface area contributed by atoms with Crippen molar-refractivity contribution in [2.75, 3.05) is 13.9 Å². The highest BCUT2D eigenvalue weighted by atomic mass is 28.4. The molecule has 3 rings (SSSR count). The molecule has 208 valence electrons. The zero-order valence-corrected chi connectivity index (χ0v) is 26.2. The van der Waals surface area contributed by atoms with Gasteiger partial charge in [-0.1, -0.05) is 75.3 Å². The van der Waals surface area contributed by atoms with Gasteiger partial charge in [-0.3, -0.25) is 0 Å². The lowest BCUT2D eigenvalue weighted by Crippen LogP contribution is -2.59. The molecule has 2 saturated carbocycles. The zero-order valence-electron chi connectivity index (χ0n) is 25.2. The van der Waals surface area contributed by atoms with Crippen LogP contribution < -0.4 is 0 Å². The third-order valence-electron chi connectivity index (χ3n) is 11.3. The summed E-state index contributed by atoms with van der Waals surface area (Å²) in [6.07, 6.45) is 6.38. The van der Waals surface area contributed by atoms with Crippen LogP contribution in [-0.2, 0) is 13.9 Å². The van der Waals surface area contributed by atoms with E-state index >= 15 is 0 Å². The summed E-state index contributed by atoms with van der Waals surface area (Å²) in [5.41, 5.74) is 2.29. The maximum Gasteiger partial charge on any atom is 0.258 e. The van der Waals surface area contributed by atoms with E-state index in [4.69, 9.17) is 13.9 Å². The predicted molar refractivity (Wildman–Crippen MR) is 152 cm³/mol. The number of hydrogen-bond donors (Lipinski definition) is 1. The first-order chi connectivity index (χ1) is 16.7. The molecule has 0 radical (unpaired) electrons. The second-order valence-electron chi connectivity index (χ2n) is 13.8. The van der Waals surface area contributed by atoms with Crippen molar-refractivity contribution in [1.29, 1.82) is 0 Å². The topological polar surface area (TPSA) is 47.9 Å². The highest BCUT2D eigenvalue weighted by molar-refractivity contribution is 6.77. The van der Waals surface area contributed by atoms with Gasteiger partial charge in [0.25, 0.3) is 8.32 Å². The summed E-state index contributed by atoms with van der Waals surface area (Å²) < 4.78 is 19.4. The minimum atomic E-state index is -2.13. The van der Waals surface area contributed by atoms with Crippen LogP contribution in [0.1, 0.15) is 101 Å². The van der Waals surface area contributed by atoms with Gasteiger partial charge in [-0.05, 0) is 59.7 Å². The molecule has 4 nitrogen and oxygen atoms in total. The first-order valence-corrected chi connectivity index (χ1v) is 16.7. The first-order valence-electron chi connectivity index (χ1n) is 14.5. The molecular formula is C31H56O4Si. The van der Waals surface area contributed by atoms with Gasteiger partial charge in [-0.15, -0.1) is 6.58 Å². The van der Waals surface area contributed by atoms with E-state index in [0.29, 0.717) is 29.0 Å². The number of hydrogen-bond acceptors (Lipinski definition) is 4. The Labute approximate surface area is 223 Å². The lowest BCUT2D eigenvalue weighted by atomic mass is 9.46. The van der Waals surface area contributed by atoms with E-state index in [1.807, 2.05) is 6.08 Å². The minimum Gasteiger partial charge on any atom is -0.546 e. The summed E-state index contributed by atoms with van der Waals surface area (Å²) in [6, 6.07) is 0. The fraction of sp³-hybridized carbons (Fsp3) is 0.871. The van der Waals surface area contributed by atoms with Gasteiger partial charge >= 0.3 is 0 Å². The number of allylic oxidation sites excluding steroid dienone is 1. The normalized spacial score (nSPS) is 39.4. The second-order valence-corrected chi connectivity index (χ2v) is 19.2. The van der Waals surface area contributed by atoms with E-state index in [-0.39, 0.29) is 35.1 Å². The second kappa shape index (κ2) is 10.5. The smallest absolute Gasteiger partial charge is 0.258 e. The molecule has 0 aromatic rings. The Bertz CT molecular complexity index is 813. The van der Waals surface area contributed by atoms with Crippen LogP contribution in [0.4, 0.5) is 0 Å². The van der Waals surface area contributed by atoms with E-state index in [0.717, 1.165) is 25.7 Å². The summed E-state index contributed by atoms with van der Waals surface area (Å²) >= 11 is 0. The number of methoxy groups -OCH3 is 1. The quantitative estimate of drug-likeness (QED) is 0.189. The lowest BCUT2D eigenvalue weighted by molar-refractivity contribution is -0.173. The van der Waals surface area contributed by atoms with Crippen LogP contribution in [0.25, 0.3) is 0 Å². The van der Waals surface area contributed by atoms with Crippen molar-refractivity contribution in [3.05, 3.63) is 24.0 Å². The van der Waals surface area contributed by atoms with Crippen LogP contribution in [0.15, 0.2) is 24.0 Å². The molecule has 0 saturated heterocycles. The van der Waals surface area contributed by atoms with Gasteiger partial charge in [0.1, 0.15) is 6.79 Å². The largest absolute Gasteiger partial charge is 0.546 e. The fourth-order valence-electron chi connectivity index (χ4n) is 9.10. The fourth-order valence-corrected chi connectivity index (χ4v) is 14.4. The summed E-state index contributed by atoms with van der Waals surface area (Å²) in [4.78, 5) is 0. The maximum atomic E-state index is 12.1. The van der Waals surface area contributed by atoms with Crippen LogP contribution in [0.5, 0.6) is 0 Å². The molecule has 1 N–H and O–H groups in total. The molecule has 0 spiro atoms. The Balaban J connectivity index is 2.29. The standard InChI is InChI=1S/C31H56O4Si/c1-13-29(10)18-26(32)30(11)23(8)14-16-31(24(9)28(29)34-19-33-12)17-15-25(27(30)31)35-36(20(2)3,21(4)5)22(6)7/h13,20-24,26,28,32H,1,14-19H2,2-12H3/t23?,24?,26-,28?,29+,30?,31?/m1/s1. The molecule has 2 bridgehead atoms. The van der Waals surface area contributed by atoms with E-state index in [1.165, 1.54) is 11.3 Å². The summed E-state index contributed by atoms with van der Waals surface area (Å²) in [7, 11) is -0.442. The Morgan fingerprint density at radius 1 is 1.06 bits per heavy atom. The van der Waals surface area contributed by atoms with Crippen molar-refractivity contribution < 1.29 is 19.0 Å². The number of ether oxygens (including phenoxy) is 2. The Morgan fingerprint density at radius 3 is 2.14 bits per heavy atom. The number of rotatable bonds is 9. The van der Waals surface area contributed by atoms with Crippen molar-refractivity contribution in [2.24, 2.45) is 28.1 Å². The van der Waals surface area contributed by atoms with Crippen molar-refractivity contribution in [1.82, 2.24) is 0 Å². The predicted octanol–water partition coefficient (Wildman–Crippen LogP) is 8.23. The Hall–Kier alpha value is -0.623. The lowest BCUT2D eigenvalue weighted by Gasteiger charge is -2.60.